The number of sulfone groups is 1. The Hall–Kier alpha value is -0.580. The Morgan fingerprint density at radius 2 is 1.75 bits per heavy atom. The molecule has 0 aromatic rings. The van der Waals surface area contributed by atoms with Crippen molar-refractivity contribution in [3.63, 3.8) is 0 Å². The van der Waals surface area contributed by atoms with Crippen molar-refractivity contribution >= 4 is 15.8 Å². The first-order valence-electron chi connectivity index (χ1n) is 5.82. The molecular formula is C11H22O4S. The molecule has 0 bridgehead atoms. The van der Waals surface area contributed by atoms with Crippen LogP contribution in [0.4, 0.5) is 0 Å². The maximum atomic E-state index is 11.5. The van der Waals surface area contributed by atoms with E-state index in [-0.39, 0.29) is 11.5 Å². The summed E-state index contributed by atoms with van der Waals surface area (Å²) in [5.74, 6) is -1.97. The van der Waals surface area contributed by atoms with E-state index in [1.165, 1.54) is 6.92 Å². The highest BCUT2D eigenvalue weighted by Crippen LogP contribution is 2.08. The molecule has 0 aliphatic carbocycles. The van der Waals surface area contributed by atoms with Gasteiger partial charge in [-0.3, -0.25) is 4.79 Å². The second kappa shape index (κ2) is 7.65. The van der Waals surface area contributed by atoms with Crippen LogP contribution in [0.5, 0.6) is 0 Å². The van der Waals surface area contributed by atoms with Crippen LogP contribution in [0.3, 0.4) is 0 Å². The van der Waals surface area contributed by atoms with E-state index in [2.05, 4.69) is 6.92 Å². The quantitative estimate of drug-likeness (QED) is 0.636. The lowest BCUT2D eigenvalue weighted by molar-refractivity contribution is -0.140. The molecule has 0 saturated heterocycles. The second-order valence-electron chi connectivity index (χ2n) is 4.27. The third kappa shape index (κ3) is 7.68. The third-order valence-electron chi connectivity index (χ3n) is 2.48. The molecule has 1 N–H and O–H groups in total. The summed E-state index contributed by atoms with van der Waals surface area (Å²) in [6.07, 6.45) is 4.87. The number of carboxylic acid groups (broad SMARTS) is 1. The zero-order valence-corrected chi connectivity index (χ0v) is 10.9. The third-order valence-corrected chi connectivity index (χ3v) is 4.40. The molecule has 1 unspecified atom stereocenters. The Balaban J connectivity index is 3.83. The highest BCUT2D eigenvalue weighted by molar-refractivity contribution is 7.91. The normalized spacial score (nSPS) is 13.6. The Kier molecular flexibility index (Phi) is 7.38. The zero-order valence-electron chi connectivity index (χ0n) is 10.1. The van der Waals surface area contributed by atoms with Crippen molar-refractivity contribution in [2.75, 3.05) is 11.5 Å². The van der Waals surface area contributed by atoms with Gasteiger partial charge in [0.2, 0.25) is 0 Å². The van der Waals surface area contributed by atoms with Gasteiger partial charge in [0.25, 0.3) is 0 Å². The van der Waals surface area contributed by atoms with E-state index in [1.54, 1.807) is 0 Å². The molecule has 4 nitrogen and oxygen atoms in total. The van der Waals surface area contributed by atoms with Crippen LogP contribution in [0.1, 0.15) is 46.0 Å². The van der Waals surface area contributed by atoms with Gasteiger partial charge >= 0.3 is 5.97 Å². The van der Waals surface area contributed by atoms with Gasteiger partial charge in [0.1, 0.15) is 0 Å². The summed E-state index contributed by atoms with van der Waals surface area (Å²) in [6, 6.07) is 0. The first kappa shape index (κ1) is 15.4. The molecular weight excluding hydrogens is 228 g/mol. The monoisotopic (exact) mass is 250 g/mol. The Labute approximate surface area is 98.0 Å². The number of unbranched alkanes of at least 4 members (excludes halogenated alkanes) is 4. The summed E-state index contributed by atoms with van der Waals surface area (Å²) in [5, 5.41) is 8.62. The van der Waals surface area contributed by atoms with Gasteiger partial charge in [-0.15, -0.1) is 0 Å². The van der Waals surface area contributed by atoms with Crippen LogP contribution >= 0.6 is 0 Å². The van der Waals surface area contributed by atoms with Crippen LogP contribution in [-0.4, -0.2) is 31.0 Å². The minimum atomic E-state index is -3.19. The minimum absolute atomic E-state index is 0.119. The molecule has 0 amide bonds. The van der Waals surface area contributed by atoms with E-state index in [0.717, 1.165) is 25.7 Å². The van der Waals surface area contributed by atoms with Crippen LogP contribution in [0.2, 0.25) is 0 Å². The maximum Gasteiger partial charge on any atom is 0.307 e. The second-order valence-corrected chi connectivity index (χ2v) is 6.50. The predicted octanol–water partition coefficient (Wildman–Crippen LogP) is 2.09. The van der Waals surface area contributed by atoms with Crippen molar-refractivity contribution in [1.29, 1.82) is 0 Å². The van der Waals surface area contributed by atoms with E-state index in [4.69, 9.17) is 5.11 Å². The van der Waals surface area contributed by atoms with Gasteiger partial charge in [-0.25, -0.2) is 8.42 Å². The Morgan fingerprint density at radius 1 is 1.19 bits per heavy atom. The number of rotatable bonds is 9. The first-order chi connectivity index (χ1) is 7.39. The largest absolute Gasteiger partial charge is 0.481 e. The average molecular weight is 250 g/mol. The molecule has 0 radical (unpaired) electrons. The van der Waals surface area contributed by atoms with Gasteiger partial charge in [-0.1, -0.05) is 39.5 Å². The molecule has 0 aliphatic rings. The molecule has 0 aromatic carbocycles. The molecule has 5 heteroatoms. The topological polar surface area (TPSA) is 71.4 Å². The summed E-state index contributed by atoms with van der Waals surface area (Å²) in [5.41, 5.74) is 0. The highest BCUT2D eigenvalue weighted by Gasteiger charge is 2.20. The van der Waals surface area contributed by atoms with Crippen molar-refractivity contribution in [3.05, 3.63) is 0 Å². The minimum Gasteiger partial charge on any atom is -0.481 e. The molecule has 0 saturated carbocycles. The van der Waals surface area contributed by atoms with Crippen molar-refractivity contribution in [2.24, 2.45) is 5.92 Å². The molecule has 0 fully saturated rings. The fourth-order valence-corrected chi connectivity index (χ4v) is 3.18. The predicted molar refractivity (Wildman–Crippen MR) is 64.2 cm³/mol. The van der Waals surface area contributed by atoms with E-state index < -0.39 is 21.7 Å². The van der Waals surface area contributed by atoms with Gasteiger partial charge in [-0.2, -0.15) is 0 Å². The van der Waals surface area contributed by atoms with E-state index in [0.29, 0.717) is 6.42 Å². The van der Waals surface area contributed by atoms with E-state index >= 15 is 0 Å². The van der Waals surface area contributed by atoms with Gasteiger partial charge < -0.3 is 5.11 Å². The number of hydrogen-bond acceptors (Lipinski definition) is 3. The lowest BCUT2D eigenvalue weighted by Crippen LogP contribution is -2.22. The summed E-state index contributed by atoms with van der Waals surface area (Å²) < 4.78 is 23.0. The SMILES string of the molecule is CCCCCCCS(=O)(=O)CC(C)C(=O)O. The summed E-state index contributed by atoms with van der Waals surface area (Å²) in [4.78, 5) is 10.5. The van der Waals surface area contributed by atoms with Crippen LogP contribution < -0.4 is 0 Å². The van der Waals surface area contributed by atoms with Crippen molar-refractivity contribution in [3.8, 4) is 0 Å². The summed E-state index contributed by atoms with van der Waals surface area (Å²) in [7, 11) is -3.19. The fraction of sp³-hybridized carbons (Fsp3) is 0.909. The van der Waals surface area contributed by atoms with Crippen molar-refractivity contribution in [1.82, 2.24) is 0 Å². The van der Waals surface area contributed by atoms with Crippen molar-refractivity contribution in [2.45, 2.75) is 46.0 Å². The smallest absolute Gasteiger partial charge is 0.307 e. The van der Waals surface area contributed by atoms with Gasteiger partial charge in [0.15, 0.2) is 9.84 Å². The molecule has 96 valence electrons. The Bertz CT molecular complexity index is 295. The Morgan fingerprint density at radius 3 is 2.25 bits per heavy atom. The number of hydrogen-bond donors (Lipinski definition) is 1. The van der Waals surface area contributed by atoms with Crippen LogP contribution in [0.15, 0.2) is 0 Å². The van der Waals surface area contributed by atoms with Gasteiger partial charge in [0, 0.05) is 0 Å². The van der Waals surface area contributed by atoms with E-state index in [9.17, 15) is 13.2 Å². The zero-order chi connectivity index (χ0) is 12.6. The fourth-order valence-electron chi connectivity index (χ4n) is 1.46. The maximum absolute atomic E-state index is 11.5. The number of carboxylic acids is 1. The van der Waals surface area contributed by atoms with Crippen LogP contribution in [-0.2, 0) is 14.6 Å². The number of carbonyl (C=O) groups is 1. The van der Waals surface area contributed by atoms with Gasteiger partial charge in [-0.05, 0) is 6.42 Å². The molecule has 16 heavy (non-hydrogen) atoms. The summed E-state index contributed by atoms with van der Waals surface area (Å²) in [6.45, 7) is 3.53. The molecule has 0 rings (SSSR count). The lowest BCUT2D eigenvalue weighted by Gasteiger charge is -2.07. The average Bonchev–Trinajstić information content (AvgIpc) is 2.16. The summed E-state index contributed by atoms with van der Waals surface area (Å²) >= 11 is 0. The van der Waals surface area contributed by atoms with Gasteiger partial charge in [0.05, 0.1) is 17.4 Å². The molecule has 0 heterocycles. The van der Waals surface area contributed by atoms with E-state index in [1.807, 2.05) is 0 Å². The van der Waals surface area contributed by atoms with Crippen molar-refractivity contribution < 1.29 is 18.3 Å². The first-order valence-corrected chi connectivity index (χ1v) is 7.64. The number of aliphatic carboxylic acids is 1. The molecule has 0 spiro atoms. The van der Waals surface area contributed by atoms with Crippen LogP contribution in [0, 0.1) is 5.92 Å². The standard InChI is InChI=1S/C11H22O4S/c1-3-4-5-6-7-8-16(14,15)9-10(2)11(12)13/h10H,3-9H2,1-2H3,(H,12,13). The molecule has 0 aliphatic heterocycles. The molecule has 1 atom stereocenters. The lowest BCUT2D eigenvalue weighted by atomic mass is 10.2. The van der Waals surface area contributed by atoms with Crippen LogP contribution in [0.25, 0.3) is 0 Å². The highest BCUT2D eigenvalue weighted by atomic mass is 32.2. The molecule has 0 aromatic heterocycles.